The van der Waals surface area contributed by atoms with Crippen molar-refractivity contribution in [1.82, 2.24) is 0 Å². The molecule has 3 aromatic rings. The van der Waals surface area contributed by atoms with Gasteiger partial charge in [0, 0.05) is 11.1 Å². The molecular formula is C21H17NO3. The number of hydrogen-bond acceptors (Lipinski definition) is 3. The van der Waals surface area contributed by atoms with Crippen molar-refractivity contribution in [2.24, 2.45) is 0 Å². The van der Waals surface area contributed by atoms with Crippen LogP contribution in [0.15, 0.2) is 79.4 Å². The second-order valence-electron chi connectivity index (χ2n) is 5.41. The number of anilines is 1. The number of carbonyl (C=O) groups is 2. The summed E-state index contributed by atoms with van der Waals surface area (Å²) in [6, 6.07) is 20.0. The van der Waals surface area contributed by atoms with E-state index in [1.54, 1.807) is 24.3 Å². The zero-order valence-corrected chi connectivity index (χ0v) is 13.6. The summed E-state index contributed by atoms with van der Waals surface area (Å²) in [5.74, 6) is -0.911. The third kappa shape index (κ3) is 3.58. The van der Waals surface area contributed by atoms with E-state index in [1.165, 1.54) is 6.08 Å². The van der Waals surface area contributed by atoms with Crippen LogP contribution in [0.5, 0.6) is 0 Å². The summed E-state index contributed by atoms with van der Waals surface area (Å²) in [7, 11) is 0. The Balaban J connectivity index is 1.91. The van der Waals surface area contributed by atoms with Crippen LogP contribution in [0, 0.1) is 0 Å². The molecule has 3 aromatic carbocycles. The highest BCUT2D eigenvalue weighted by Gasteiger charge is 2.18. The minimum absolute atomic E-state index is 0.0953. The summed E-state index contributed by atoms with van der Waals surface area (Å²) in [6.45, 7) is 3.61. The van der Waals surface area contributed by atoms with Gasteiger partial charge in [-0.2, -0.15) is 0 Å². The first-order valence-corrected chi connectivity index (χ1v) is 7.87. The molecule has 124 valence electrons. The molecule has 4 nitrogen and oxygen atoms in total. The lowest BCUT2D eigenvalue weighted by molar-refractivity contribution is 0.0546. The minimum Gasteiger partial charge on any atom is -0.458 e. The molecule has 1 amide bonds. The fourth-order valence-electron chi connectivity index (χ4n) is 2.60. The first kappa shape index (κ1) is 16.5. The SMILES string of the molecule is C=CCOC(=O)c1ccccc1C(=O)Nc1cccc2ccccc12. The molecular weight excluding hydrogens is 314 g/mol. The Morgan fingerprint density at radius 2 is 1.60 bits per heavy atom. The van der Waals surface area contributed by atoms with E-state index in [2.05, 4.69) is 11.9 Å². The number of benzene rings is 3. The van der Waals surface area contributed by atoms with Crippen LogP contribution in [0.2, 0.25) is 0 Å². The molecule has 0 aliphatic rings. The van der Waals surface area contributed by atoms with E-state index in [-0.39, 0.29) is 23.6 Å². The van der Waals surface area contributed by atoms with Crippen LogP contribution in [-0.4, -0.2) is 18.5 Å². The van der Waals surface area contributed by atoms with Gasteiger partial charge in [0.2, 0.25) is 0 Å². The average molecular weight is 331 g/mol. The minimum atomic E-state index is -0.552. The molecule has 0 fully saturated rings. The highest BCUT2D eigenvalue weighted by atomic mass is 16.5. The van der Waals surface area contributed by atoms with E-state index in [9.17, 15) is 9.59 Å². The van der Waals surface area contributed by atoms with E-state index in [0.29, 0.717) is 5.69 Å². The first-order chi connectivity index (χ1) is 12.2. The molecule has 0 aliphatic heterocycles. The molecule has 0 atom stereocenters. The van der Waals surface area contributed by atoms with Crippen molar-refractivity contribution < 1.29 is 14.3 Å². The van der Waals surface area contributed by atoms with Gasteiger partial charge in [-0.1, -0.05) is 61.2 Å². The molecule has 0 spiro atoms. The highest BCUT2D eigenvalue weighted by Crippen LogP contribution is 2.24. The second-order valence-corrected chi connectivity index (χ2v) is 5.41. The fourth-order valence-corrected chi connectivity index (χ4v) is 2.60. The van der Waals surface area contributed by atoms with Gasteiger partial charge in [0.15, 0.2) is 0 Å². The normalized spacial score (nSPS) is 10.2. The van der Waals surface area contributed by atoms with Gasteiger partial charge in [0.25, 0.3) is 5.91 Å². The van der Waals surface area contributed by atoms with Gasteiger partial charge in [-0.25, -0.2) is 4.79 Å². The van der Waals surface area contributed by atoms with Crippen molar-refractivity contribution in [3.8, 4) is 0 Å². The number of fused-ring (bicyclic) bond motifs is 1. The molecule has 3 rings (SSSR count). The van der Waals surface area contributed by atoms with Gasteiger partial charge in [-0.3, -0.25) is 4.79 Å². The molecule has 1 N–H and O–H groups in total. The fraction of sp³-hybridized carbons (Fsp3) is 0.0476. The topological polar surface area (TPSA) is 55.4 Å². The summed E-state index contributed by atoms with van der Waals surface area (Å²) in [6.07, 6.45) is 1.48. The molecule has 0 bridgehead atoms. The third-order valence-electron chi connectivity index (χ3n) is 3.76. The van der Waals surface area contributed by atoms with Crippen LogP contribution in [0.25, 0.3) is 10.8 Å². The molecule has 25 heavy (non-hydrogen) atoms. The Morgan fingerprint density at radius 3 is 2.40 bits per heavy atom. The number of amides is 1. The van der Waals surface area contributed by atoms with Crippen molar-refractivity contribution in [2.75, 3.05) is 11.9 Å². The molecule has 0 aliphatic carbocycles. The quantitative estimate of drug-likeness (QED) is 0.555. The lowest BCUT2D eigenvalue weighted by atomic mass is 10.1. The van der Waals surface area contributed by atoms with Gasteiger partial charge in [0.1, 0.15) is 6.61 Å². The van der Waals surface area contributed by atoms with E-state index >= 15 is 0 Å². The van der Waals surface area contributed by atoms with Crippen molar-refractivity contribution in [1.29, 1.82) is 0 Å². The van der Waals surface area contributed by atoms with Crippen molar-refractivity contribution in [3.05, 3.63) is 90.5 Å². The molecule has 0 heterocycles. The number of rotatable bonds is 5. The van der Waals surface area contributed by atoms with Crippen LogP contribution < -0.4 is 5.32 Å². The smallest absolute Gasteiger partial charge is 0.339 e. The lowest BCUT2D eigenvalue weighted by Gasteiger charge is -2.11. The first-order valence-electron chi connectivity index (χ1n) is 7.87. The molecule has 0 saturated carbocycles. The Kier molecular flexibility index (Phi) is 4.90. The van der Waals surface area contributed by atoms with Gasteiger partial charge < -0.3 is 10.1 Å². The Bertz CT molecular complexity index is 941. The third-order valence-corrected chi connectivity index (χ3v) is 3.76. The van der Waals surface area contributed by atoms with E-state index in [4.69, 9.17) is 4.74 Å². The van der Waals surface area contributed by atoms with Crippen LogP contribution in [0.4, 0.5) is 5.69 Å². The summed E-state index contributed by atoms with van der Waals surface area (Å²) < 4.78 is 5.05. The van der Waals surface area contributed by atoms with Gasteiger partial charge in [-0.05, 0) is 23.6 Å². The Hall–Kier alpha value is -3.40. The lowest BCUT2D eigenvalue weighted by Crippen LogP contribution is -2.17. The van der Waals surface area contributed by atoms with Crippen molar-refractivity contribution in [3.63, 3.8) is 0 Å². The highest BCUT2D eigenvalue weighted by molar-refractivity contribution is 6.13. The number of ether oxygens (including phenoxy) is 1. The van der Waals surface area contributed by atoms with Crippen LogP contribution in [-0.2, 0) is 4.74 Å². The van der Waals surface area contributed by atoms with Gasteiger partial charge >= 0.3 is 5.97 Å². The largest absolute Gasteiger partial charge is 0.458 e. The number of esters is 1. The second kappa shape index (κ2) is 7.45. The predicted molar refractivity (Wildman–Crippen MR) is 98.8 cm³/mol. The number of nitrogens with one attached hydrogen (secondary N) is 1. The Morgan fingerprint density at radius 1 is 0.920 bits per heavy atom. The molecule has 4 heteroatoms. The molecule has 0 radical (unpaired) electrons. The monoisotopic (exact) mass is 331 g/mol. The summed E-state index contributed by atoms with van der Waals surface area (Å²) in [5.41, 5.74) is 1.18. The van der Waals surface area contributed by atoms with Crippen molar-refractivity contribution >= 4 is 28.3 Å². The summed E-state index contributed by atoms with van der Waals surface area (Å²) >= 11 is 0. The predicted octanol–water partition coefficient (Wildman–Crippen LogP) is 4.43. The maximum atomic E-state index is 12.7. The van der Waals surface area contributed by atoms with Crippen molar-refractivity contribution in [2.45, 2.75) is 0 Å². The van der Waals surface area contributed by atoms with Crippen LogP contribution in [0.1, 0.15) is 20.7 Å². The molecule has 0 unspecified atom stereocenters. The zero-order valence-electron chi connectivity index (χ0n) is 13.6. The van der Waals surface area contributed by atoms with E-state index in [0.717, 1.165) is 10.8 Å². The zero-order chi connectivity index (χ0) is 17.6. The maximum Gasteiger partial charge on any atom is 0.339 e. The maximum absolute atomic E-state index is 12.7. The number of hydrogen-bond donors (Lipinski definition) is 1. The van der Waals surface area contributed by atoms with Crippen LogP contribution in [0.3, 0.4) is 0 Å². The van der Waals surface area contributed by atoms with Gasteiger partial charge in [0.05, 0.1) is 11.1 Å². The molecule has 0 aromatic heterocycles. The summed E-state index contributed by atoms with van der Waals surface area (Å²) in [4.78, 5) is 24.9. The summed E-state index contributed by atoms with van der Waals surface area (Å²) in [5, 5.41) is 4.85. The van der Waals surface area contributed by atoms with E-state index < -0.39 is 5.97 Å². The standard InChI is InChI=1S/C21H17NO3/c1-2-14-25-21(24)18-12-6-5-11-17(18)20(23)22-19-13-7-9-15-8-3-4-10-16(15)19/h2-13H,1,14H2,(H,22,23). The Labute approximate surface area is 145 Å². The number of carbonyl (C=O) groups excluding carboxylic acids is 2. The average Bonchev–Trinajstić information content (AvgIpc) is 2.66. The van der Waals surface area contributed by atoms with E-state index in [1.807, 2.05) is 42.5 Å². The van der Waals surface area contributed by atoms with Gasteiger partial charge in [-0.15, -0.1) is 0 Å². The molecule has 0 saturated heterocycles. The van der Waals surface area contributed by atoms with Crippen LogP contribution >= 0.6 is 0 Å².